The predicted molar refractivity (Wildman–Crippen MR) is 102 cm³/mol. The number of ether oxygens (including phenoxy) is 2. The van der Waals surface area contributed by atoms with Gasteiger partial charge in [-0.3, -0.25) is 4.79 Å². The van der Waals surface area contributed by atoms with Crippen molar-refractivity contribution >= 4 is 23.9 Å². The molecule has 34 heavy (non-hydrogen) atoms. The van der Waals surface area contributed by atoms with Crippen LogP contribution >= 0.6 is 0 Å². The fourth-order valence-electron chi connectivity index (χ4n) is 2.17. The molecule has 0 radical (unpaired) electrons. The molecule has 9 atom stereocenters. The van der Waals surface area contributed by atoms with Crippen LogP contribution in [0, 0.1) is 0 Å². The van der Waals surface area contributed by atoms with Crippen molar-refractivity contribution in [3.8, 4) is 0 Å². The van der Waals surface area contributed by atoms with Crippen LogP contribution in [0.5, 0.6) is 0 Å². The molecule has 0 fully saturated rings. The first-order chi connectivity index (χ1) is 15.7. The molecule has 12 N–H and O–H groups in total. The van der Waals surface area contributed by atoms with Gasteiger partial charge in [0.1, 0.15) is 42.7 Å². The zero-order chi connectivity index (χ0) is 26.7. The van der Waals surface area contributed by atoms with E-state index in [-0.39, 0.29) is 0 Å². The summed E-state index contributed by atoms with van der Waals surface area (Å²) in [6.07, 6.45) is -19.2. The molecule has 0 aromatic carbocycles. The van der Waals surface area contributed by atoms with Crippen LogP contribution in [0.3, 0.4) is 0 Å². The van der Waals surface area contributed by atoms with Gasteiger partial charge < -0.3 is 66.3 Å². The summed E-state index contributed by atoms with van der Waals surface area (Å²) in [6.45, 7) is -2.04. The molecular formula is C17H29NO16. The van der Waals surface area contributed by atoms with Crippen molar-refractivity contribution in [3.05, 3.63) is 0 Å². The molecule has 0 amide bonds. The van der Waals surface area contributed by atoms with E-state index in [9.17, 15) is 49.8 Å². The van der Waals surface area contributed by atoms with Crippen molar-refractivity contribution in [1.82, 2.24) is 0 Å². The second-order valence-electron chi connectivity index (χ2n) is 7.03. The van der Waals surface area contributed by atoms with Gasteiger partial charge >= 0.3 is 23.9 Å². The molecular weight excluding hydrogens is 474 g/mol. The molecule has 0 saturated carbocycles. The maximum Gasteiger partial charge on any atom is 0.345 e. The molecule has 198 valence electrons. The summed E-state index contributed by atoms with van der Waals surface area (Å²) in [7, 11) is 0. The molecule has 17 heteroatoms. The minimum absolute atomic E-state index is 0.604. The van der Waals surface area contributed by atoms with Crippen molar-refractivity contribution in [2.24, 2.45) is 5.73 Å². The topological polar surface area (TPSA) is 315 Å². The molecule has 17 nitrogen and oxygen atoms in total. The van der Waals surface area contributed by atoms with Crippen LogP contribution < -0.4 is 5.73 Å². The first-order valence-corrected chi connectivity index (χ1v) is 9.61. The van der Waals surface area contributed by atoms with E-state index in [1.165, 1.54) is 0 Å². The van der Waals surface area contributed by atoms with Gasteiger partial charge in [-0.25, -0.2) is 14.4 Å². The van der Waals surface area contributed by atoms with E-state index in [0.717, 1.165) is 0 Å². The summed E-state index contributed by atoms with van der Waals surface area (Å²) < 4.78 is 8.34. The number of aliphatic hydroxyl groups is 10. The normalized spacial score (nSPS) is 19.5. The Hall–Kier alpha value is -2.16. The van der Waals surface area contributed by atoms with Gasteiger partial charge in [0, 0.05) is 6.42 Å². The summed E-state index contributed by atoms with van der Waals surface area (Å²) >= 11 is 0. The van der Waals surface area contributed by atoms with Crippen LogP contribution in [0.4, 0.5) is 0 Å². The van der Waals surface area contributed by atoms with Crippen LogP contribution in [-0.2, 0) is 28.7 Å². The molecule has 0 aliphatic heterocycles. The van der Waals surface area contributed by atoms with Gasteiger partial charge in [-0.05, 0) is 6.42 Å². The predicted octanol–water partition coefficient (Wildman–Crippen LogP) is -7.89. The van der Waals surface area contributed by atoms with E-state index in [4.69, 9.17) is 26.2 Å². The molecule has 0 rings (SSSR count). The lowest BCUT2D eigenvalue weighted by atomic mass is 10.0. The number of rotatable bonds is 14. The summed E-state index contributed by atoms with van der Waals surface area (Å²) in [6, 6.07) is -1.71. The van der Waals surface area contributed by atoms with E-state index >= 15 is 0 Å². The van der Waals surface area contributed by atoms with Gasteiger partial charge in [-0.1, -0.05) is 0 Å². The maximum atomic E-state index is 11.8. The number of hydrogen-bond acceptors (Lipinski definition) is 17. The molecule has 0 aromatic heterocycles. The first-order valence-electron chi connectivity index (χ1n) is 9.61. The summed E-state index contributed by atoms with van der Waals surface area (Å²) in [5.41, 5.74) is 5.39. The van der Waals surface area contributed by atoms with Crippen molar-refractivity contribution in [3.63, 3.8) is 0 Å². The third-order valence-corrected chi connectivity index (χ3v) is 4.37. The second-order valence-corrected chi connectivity index (χ2v) is 7.03. The van der Waals surface area contributed by atoms with Crippen molar-refractivity contribution < 1.29 is 79.7 Å². The Morgan fingerprint density at radius 3 is 1.38 bits per heavy atom. The lowest BCUT2D eigenvalue weighted by Gasteiger charge is -2.24. The highest BCUT2D eigenvalue weighted by Crippen LogP contribution is 2.10. The smallest absolute Gasteiger partial charge is 0.345 e. The van der Waals surface area contributed by atoms with Gasteiger partial charge in [-0.2, -0.15) is 0 Å². The van der Waals surface area contributed by atoms with Crippen LogP contribution in [0.2, 0.25) is 0 Å². The maximum absolute atomic E-state index is 11.8. The molecule has 0 spiro atoms. The van der Waals surface area contributed by atoms with E-state index in [1.54, 1.807) is 0 Å². The fraction of sp³-hybridized carbons (Fsp3) is 0.765. The third kappa shape index (κ3) is 9.60. The highest BCUT2D eigenvalue weighted by molar-refractivity contribution is 5.91. The second kappa shape index (κ2) is 15.0. The summed E-state index contributed by atoms with van der Waals surface area (Å²) in [4.78, 5) is 46.7. The van der Waals surface area contributed by atoms with Gasteiger partial charge in [-0.15, -0.1) is 0 Å². The summed E-state index contributed by atoms with van der Waals surface area (Å²) in [5, 5.41) is 92.7. The molecule has 0 aliphatic rings. The quantitative estimate of drug-likeness (QED) is 0.0774. The van der Waals surface area contributed by atoms with E-state index in [0.29, 0.717) is 0 Å². The Morgan fingerprint density at radius 2 is 1.00 bits per heavy atom. The van der Waals surface area contributed by atoms with Crippen LogP contribution in [0.15, 0.2) is 0 Å². The number of carbonyl (C=O) groups is 4. The van der Waals surface area contributed by atoms with Crippen LogP contribution in [0.1, 0.15) is 12.8 Å². The Balaban J connectivity index is 4.66. The van der Waals surface area contributed by atoms with Gasteiger partial charge in [0.2, 0.25) is 0 Å². The standard InChI is InChI=1S/C17H29NO16/c18-5(15(30)34-17(32)14(29)12(27)10(25)7(22)4-20)1-2-8(23)33-16(31)13(28)11(26)9(24)6(21)3-19/h5-7,9-14,19-22,24-29H,1-4,18H2/t5-,6+,7+,9+,10+,11-,12-,13+,14+/m1/s1. The molecule has 0 bridgehead atoms. The number of nitrogens with two attached hydrogens (primary N) is 1. The fourth-order valence-corrected chi connectivity index (χ4v) is 2.17. The van der Waals surface area contributed by atoms with Crippen molar-refractivity contribution in [1.29, 1.82) is 0 Å². The van der Waals surface area contributed by atoms with Gasteiger partial charge in [0.15, 0.2) is 12.2 Å². The number of aliphatic hydroxyl groups excluding tert-OH is 10. The minimum Gasteiger partial charge on any atom is -0.394 e. The van der Waals surface area contributed by atoms with Crippen LogP contribution in [0.25, 0.3) is 0 Å². The molecule has 0 aromatic rings. The van der Waals surface area contributed by atoms with Gasteiger partial charge in [0.05, 0.1) is 13.2 Å². The molecule has 0 heterocycles. The lowest BCUT2D eigenvalue weighted by molar-refractivity contribution is -0.177. The lowest BCUT2D eigenvalue weighted by Crippen LogP contribution is -2.50. The number of esters is 4. The molecule has 0 saturated heterocycles. The average Bonchev–Trinajstić information content (AvgIpc) is 2.82. The Morgan fingerprint density at radius 1 is 0.618 bits per heavy atom. The molecule has 0 aliphatic carbocycles. The first kappa shape index (κ1) is 31.8. The van der Waals surface area contributed by atoms with Crippen molar-refractivity contribution in [2.45, 2.75) is 67.7 Å². The molecule has 0 unspecified atom stereocenters. The highest BCUT2D eigenvalue weighted by Gasteiger charge is 2.38. The van der Waals surface area contributed by atoms with E-state index < -0.39 is 105 Å². The van der Waals surface area contributed by atoms with Crippen LogP contribution in [-0.4, -0.2) is 143 Å². The number of carbonyl (C=O) groups excluding carboxylic acids is 4. The Kier molecular flexibility index (Phi) is 14.0. The zero-order valence-corrected chi connectivity index (χ0v) is 17.5. The Labute approximate surface area is 191 Å². The largest absolute Gasteiger partial charge is 0.394 e. The zero-order valence-electron chi connectivity index (χ0n) is 17.5. The van der Waals surface area contributed by atoms with Gasteiger partial charge in [0.25, 0.3) is 0 Å². The Bertz CT molecular complexity index is 688. The third-order valence-electron chi connectivity index (χ3n) is 4.37. The van der Waals surface area contributed by atoms with E-state index in [1.807, 2.05) is 0 Å². The number of hydrogen-bond donors (Lipinski definition) is 11. The SMILES string of the molecule is N[C@H](CCC(=O)OC(=O)[C@@H](O)[C@H](O)[C@@H](O)[C@@H](O)CO)C(=O)OC(=O)[C@@H](O)[C@H](O)[C@@H](O)[C@@H](O)CO. The highest BCUT2D eigenvalue weighted by atomic mass is 16.6. The van der Waals surface area contributed by atoms with Crippen molar-refractivity contribution in [2.75, 3.05) is 13.2 Å². The summed E-state index contributed by atoms with van der Waals surface area (Å²) in [5.74, 6) is -6.41. The minimum atomic E-state index is -2.53. The monoisotopic (exact) mass is 503 g/mol. The van der Waals surface area contributed by atoms with E-state index in [2.05, 4.69) is 9.47 Å². The average molecular weight is 503 g/mol.